The van der Waals surface area contributed by atoms with Crippen LogP contribution in [0, 0.1) is 23.6 Å². The molecule has 11 heteroatoms. The first-order chi connectivity index (χ1) is 19.1. The number of allylic oxidation sites excluding steroid dienone is 2. The molecule has 0 unspecified atom stereocenters. The summed E-state index contributed by atoms with van der Waals surface area (Å²) >= 11 is 18.0. The lowest BCUT2D eigenvalue weighted by Gasteiger charge is -2.50. The Morgan fingerprint density at radius 3 is 2.27 bits per heavy atom. The zero-order valence-electron chi connectivity index (χ0n) is 22.3. The molecule has 1 saturated carbocycles. The largest absolute Gasteiger partial charge is 0.508 e. The van der Waals surface area contributed by atoms with Crippen LogP contribution in [0.3, 0.4) is 0 Å². The first kappa shape index (κ1) is 28.4. The third-order valence-corrected chi connectivity index (χ3v) is 10.8. The van der Waals surface area contributed by atoms with E-state index < -0.39 is 56.6 Å². The predicted molar refractivity (Wildman–Crippen MR) is 154 cm³/mol. The zero-order chi connectivity index (χ0) is 29.8. The number of nitrogens with zero attached hydrogens (tertiary/aromatic N) is 2. The standard InChI is InChI=1S/C30H26BrCl2FN2O5/c1-28(2,3)36-24(38)18-10-9-17-20(22(18)25(36)39)13-29(32)26(40)35(16-7-5-15(34)6-8-16)27(41)30(29,33)23(17)19-12-14(31)4-11-21(19)37/h4-9,11-12,18,20,22-23,37H,10,13H2,1-3H3/t18-,20+,22-,23+,29+,30-/m0/s1. The number of anilines is 1. The Hall–Kier alpha value is -2.75. The Bertz CT molecular complexity index is 1570. The summed E-state index contributed by atoms with van der Waals surface area (Å²) in [6, 6.07) is 9.48. The van der Waals surface area contributed by atoms with Gasteiger partial charge >= 0.3 is 0 Å². The number of carbonyl (C=O) groups is 4. The summed E-state index contributed by atoms with van der Waals surface area (Å²) in [5.74, 6) is -6.33. The van der Waals surface area contributed by atoms with Crippen LogP contribution in [-0.2, 0) is 19.2 Å². The molecule has 6 atom stereocenters. The van der Waals surface area contributed by atoms with Crippen LogP contribution in [0.5, 0.6) is 5.75 Å². The number of phenolic OH excluding ortho intramolecular Hbond substituents is 1. The van der Waals surface area contributed by atoms with Crippen LogP contribution in [0.4, 0.5) is 10.1 Å². The molecule has 41 heavy (non-hydrogen) atoms. The van der Waals surface area contributed by atoms with Crippen molar-refractivity contribution in [3.63, 3.8) is 0 Å². The van der Waals surface area contributed by atoms with Crippen molar-refractivity contribution in [1.82, 2.24) is 4.90 Å². The van der Waals surface area contributed by atoms with Crippen LogP contribution in [-0.4, -0.2) is 48.9 Å². The number of imide groups is 2. The van der Waals surface area contributed by atoms with Gasteiger partial charge < -0.3 is 5.11 Å². The maximum absolute atomic E-state index is 14.3. The Morgan fingerprint density at radius 1 is 0.976 bits per heavy atom. The molecule has 0 bridgehead atoms. The highest BCUT2D eigenvalue weighted by Crippen LogP contribution is 2.66. The summed E-state index contributed by atoms with van der Waals surface area (Å²) in [4.78, 5) is 53.8. The van der Waals surface area contributed by atoms with Gasteiger partial charge in [-0.25, -0.2) is 9.29 Å². The number of hydrogen-bond acceptors (Lipinski definition) is 5. The molecule has 214 valence electrons. The summed E-state index contributed by atoms with van der Waals surface area (Å²) in [6.45, 7) is 5.35. The minimum absolute atomic E-state index is 0.0916. The number of benzene rings is 2. The topological polar surface area (TPSA) is 95.0 Å². The highest BCUT2D eigenvalue weighted by Gasteiger charge is 2.77. The Labute approximate surface area is 254 Å². The smallest absolute Gasteiger partial charge is 0.258 e. The zero-order valence-corrected chi connectivity index (χ0v) is 25.4. The van der Waals surface area contributed by atoms with E-state index in [2.05, 4.69) is 15.9 Å². The molecule has 7 nitrogen and oxygen atoms in total. The fourth-order valence-electron chi connectivity index (χ4n) is 7.16. The number of rotatable bonds is 2. The first-order valence-electron chi connectivity index (χ1n) is 13.2. The number of halogens is 4. The van der Waals surface area contributed by atoms with Gasteiger partial charge in [0.25, 0.3) is 11.8 Å². The lowest BCUT2D eigenvalue weighted by Crippen LogP contribution is -2.60. The molecule has 3 fully saturated rings. The number of carbonyl (C=O) groups excluding carboxylic acids is 4. The van der Waals surface area contributed by atoms with Crippen molar-refractivity contribution in [3.8, 4) is 5.75 Å². The van der Waals surface area contributed by atoms with Crippen molar-refractivity contribution in [1.29, 1.82) is 0 Å². The van der Waals surface area contributed by atoms with Gasteiger partial charge in [-0.3, -0.25) is 24.1 Å². The van der Waals surface area contributed by atoms with E-state index in [9.17, 15) is 28.7 Å². The molecule has 4 amide bonds. The van der Waals surface area contributed by atoms with Crippen molar-refractivity contribution in [2.45, 2.75) is 54.8 Å². The molecule has 0 spiro atoms. The summed E-state index contributed by atoms with van der Waals surface area (Å²) < 4.78 is 14.3. The van der Waals surface area contributed by atoms with Crippen LogP contribution in [0.15, 0.2) is 58.6 Å². The van der Waals surface area contributed by atoms with Gasteiger partial charge in [-0.05, 0) is 82.0 Å². The van der Waals surface area contributed by atoms with Gasteiger partial charge in [0.2, 0.25) is 11.8 Å². The second kappa shape index (κ2) is 9.12. The fraction of sp³-hybridized carbons (Fsp3) is 0.400. The minimum Gasteiger partial charge on any atom is -0.508 e. The average Bonchev–Trinajstić information content (AvgIpc) is 3.24. The number of amides is 4. The normalized spacial score (nSPS) is 33.1. The molecule has 2 heterocycles. The van der Waals surface area contributed by atoms with Crippen LogP contribution in [0.2, 0.25) is 0 Å². The molecule has 0 radical (unpaired) electrons. The maximum atomic E-state index is 14.3. The maximum Gasteiger partial charge on any atom is 0.258 e. The number of aromatic hydroxyl groups is 1. The van der Waals surface area contributed by atoms with Gasteiger partial charge in [0, 0.05) is 21.5 Å². The first-order valence-corrected chi connectivity index (χ1v) is 14.8. The molecule has 2 aromatic rings. The monoisotopic (exact) mass is 662 g/mol. The quantitative estimate of drug-likeness (QED) is 0.254. The van der Waals surface area contributed by atoms with Crippen LogP contribution >= 0.6 is 39.1 Å². The molecule has 2 aliphatic carbocycles. The molecule has 2 aromatic carbocycles. The van der Waals surface area contributed by atoms with Crippen LogP contribution in [0.1, 0.15) is 45.1 Å². The van der Waals surface area contributed by atoms with E-state index in [0.717, 1.165) is 17.0 Å². The summed E-state index contributed by atoms with van der Waals surface area (Å²) in [5, 5.41) is 11.1. The van der Waals surface area contributed by atoms with Gasteiger partial charge in [0.1, 0.15) is 11.6 Å². The van der Waals surface area contributed by atoms with Crippen molar-refractivity contribution < 1.29 is 28.7 Å². The van der Waals surface area contributed by atoms with Crippen LogP contribution in [0.25, 0.3) is 0 Å². The van der Waals surface area contributed by atoms with Crippen molar-refractivity contribution in [2.24, 2.45) is 17.8 Å². The van der Waals surface area contributed by atoms with Crippen molar-refractivity contribution >= 4 is 68.4 Å². The second-order valence-corrected chi connectivity index (χ2v) is 14.3. The summed E-state index contributed by atoms with van der Waals surface area (Å²) in [7, 11) is 0. The van der Waals surface area contributed by atoms with E-state index in [1.807, 2.05) is 6.08 Å². The van der Waals surface area contributed by atoms with Crippen molar-refractivity contribution in [3.05, 3.63) is 70.0 Å². The Morgan fingerprint density at radius 2 is 1.63 bits per heavy atom. The van der Waals surface area contributed by atoms with Gasteiger partial charge in [-0.15, -0.1) is 23.2 Å². The molecular weight excluding hydrogens is 638 g/mol. The van der Waals surface area contributed by atoms with Crippen molar-refractivity contribution in [2.75, 3.05) is 4.90 Å². The lowest BCUT2D eigenvalue weighted by atomic mass is 9.56. The number of alkyl halides is 2. The van der Waals surface area contributed by atoms with E-state index >= 15 is 0 Å². The molecule has 0 aromatic heterocycles. The van der Waals surface area contributed by atoms with Gasteiger partial charge in [-0.1, -0.05) is 27.6 Å². The number of likely N-dealkylation sites (tertiary alicyclic amines) is 1. The Balaban J connectivity index is 1.58. The van der Waals surface area contributed by atoms with Gasteiger partial charge in [-0.2, -0.15) is 0 Å². The summed E-state index contributed by atoms with van der Waals surface area (Å²) in [6.07, 6.45) is 1.85. The highest BCUT2D eigenvalue weighted by molar-refractivity contribution is 9.10. The Kier molecular flexibility index (Phi) is 6.31. The van der Waals surface area contributed by atoms with E-state index in [0.29, 0.717) is 10.0 Å². The van der Waals surface area contributed by atoms with E-state index in [-0.39, 0.29) is 41.7 Å². The van der Waals surface area contributed by atoms with E-state index in [4.69, 9.17) is 23.2 Å². The molecule has 2 aliphatic heterocycles. The molecule has 1 N–H and O–H groups in total. The average molecular weight is 664 g/mol. The SMILES string of the molecule is CC(C)(C)N1C(=O)[C@H]2[C@H](CC=C3[C@H]2C[C@@]2(Cl)C(=O)N(c4ccc(F)cc4)C(=O)[C@@]2(Cl)[C@H]3c2cc(Br)ccc2O)C1=O. The number of hydrogen-bond donors (Lipinski definition) is 1. The van der Waals surface area contributed by atoms with E-state index in [1.54, 1.807) is 32.9 Å². The lowest BCUT2D eigenvalue weighted by molar-refractivity contribution is -0.145. The van der Waals surface area contributed by atoms with Crippen LogP contribution < -0.4 is 4.90 Å². The second-order valence-electron chi connectivity index (χ2n) is 12.1. The minimum atomic E-state index is -2.11. The van der Waals surface area contributed by atoms with Gasteiger partial charge in [0.15, 0.2) is 9.75 Å². The molecule has 6 rings (SSSR count). The molecule has 4 aliphatic rings. The van der Waals surface area contributed by atoms with E-state index in [1.165, 1.54) is 23.1 Å². The number of fused-ring (bicyclic) bond motifs is 4. The predicted octanol–water partition coefficient (Wildman–Crippen LogP) is 5.66. The highest BCUT2D eigenvalue weighted by atomic mass is 79.9. The molecular formula is C30H26BrCl2FN2O5. The third kappa shape index (κ3) is 3.74. The number of phenols is 1. The third-order valence-electron chi connectivity index (χ3n) is 8.87. The van der Waals surface area contributed by atoms with Gasteiger partial charge in [0.05, 0.1) is 17.5 Å². The molecule has 2 saturated heterocycles. The summed E-state index contributed by atoms with van der Waals surface area (Å²) in [5.41, 5.74) is 0.148. The fourth-order valence-corrected chi connectivity index (χ4v) is 8.47.